The Morgan fingerprint density at radius 1 is 1.17 bits per heavy atom. The van der Waals surface area contributed by atoms with Crippen LogP contribution in [0.2, 0.25) is 0 Å². The summed E-state index contributed by atoms with van der Waals surface area (Å²) >= 11 is 0. The first kappa shape index (κ1) is 15.7. The Morgan fingerprint density at radius 3 is 2.91 bits per heavy atom. The number of nitrogens with one attached hydrogen (secondary N) is 1. The summed E-state index contributed by atoms with van der Waals surface area (Å²) in [6.07, 6.45) is 4.51. The van der Waals surface area contributed by atoms with E-state index >= 15 is 0 Å². The van der Waals surface area contributed by atoms with Gasteiger partial charge in [-0.2, -0.15) is 0 Å². The molecule has 0 bridgehead atoms. The summed E-state index contributed by atoms with van der Waals surface area (Å²) < 4.78 is 7.57. The number of amides is 1. The second-order valence-electron chi connectivity index (χ2n) is 5.75. The fourth-order valence-corrected chi connectivity index (χ4v) is 2.74. The molecule has 6 heteroatoms. The quantitative estimate of drug-likeness (QED) is 0.883. The van der Waals surface area contributed by atoms with Gasteiger partial charge in [-0.25, -0.2) is 0 Å². The summed E-state index contributed by atoms with van der Waals surface area (Å²) in [5.41, 5.74) is 1.06. The van der Waals surface area contributed by atoms with Crippen LogP contribution in [0.15, 0.2) is 30.3 Å². The van der Waals surface area contributed by atoms with E-state index in [0.29, 0.717) is 13.2 Å². The highest BCUT2D eigenvalue weighted by molar-refractivity contribution is 5.77. The number of aryl methyl sites for hydroxylation is 1. The van der Waals surface area contributed by atoms with E-state index in [-0.39, 0.29) is 12.5 Å². The Labute approximate surface area is 135 Å². The fraction of sp³-hybridized carbons (Fsp3) is 0.471. The van der Waals surface area contributed by atoms with Crippen molar-refractivity contribution in [3.8, 4) is 0 Å². The molecule has 1 N–H and O–H groups in total. The lowest BCUT2D eigenvalue weighted by molar-refractivity contribution is -0.126. The van der Waals surface area contributed by atoms with Crippen molar-refractivity contribution >= 4 is 5.91 Å². The van der Waals surface area contributed by atoms with Crippen LogP contribution in [0.25, 0.3) is 0 Å². The Balaban J connectivity index is 1.43. The van der Waals surface area contributed by atoms with Gasteiger partial charge in [-0.3, -0.25) is 4.79 Å². The zero-order chi connectivity index (χ0) is 15.9. The summed E-state index contributed by atoms with van der Waals surface area (Å²) in [4.78, 5) is 11.9. The first-order chi connectivity index (χ1) is 11.3. The number of rotatable bonds is 6. The molecule has 1 amide bonds. The van der Waals surface area contributed by atoms with Gasteiger partial charge in [0.15, 0.2) is 5.82 Å². The Hall–Kier alpha value is -2.21. The van der Waals surface area contributed by atoms with Crippen LogP contribution in [0.5, 0.6) is 0 Å². The van der Waals surface area contributed by atoms with Gasteiger partial charge < -0.3 is 14.6 Å². The van der Waals surface area contributed by atoms with Crippen molar-refractivity contribution < 1.29 is 9.53 Å². The molecule has 0 fully saturated rings. The number of aromatic nitrogens is 3. The van der Waals surface area contributed by atoms with Gasteiger partial charge in [0.1, 0.15) is 12.4 Å². The predicted molar refractivity (Wildman–Crippen MR) is 85.5 cm³/mol. The molecule has 1 aliphatic rings. The van der Waals surface area contributed by atoms with E-state index < -0.39 is 0 Å². The predicted octanol–water partition coefficient (Wildman–Crippen LogP) is 1.84. The maximum absolute atomic E-state index is 11.9. The van der Waals surface area contributed by atoms with E-state index in [1.165, 1.54) is 6.42 Å². The van der Waals surface area contributed by atoms with Crippen molar-refractivity contribution in [1.82, 2.24) is 20.1 Å². The third-order valence-corrected chi connectivity index (χ3v) is 3.97. The average molecular weight is 314 g/mol. The topological polar surface area (TPSA) is 69.0 Å². The SMILES string of the molecule is O=C(COCc1ccccc1)NCc1nnc2n1CCCCC2. The van der Waals surface area contributed by atoms with Gasteiger partial charge in [0.2, 0.25) is 5.91 Å². The zero-order valence-corrected chi connectivity index (χ0v) is 13.2. The van der Waals surface area contributed by atoms with Gasteiger partial charge in [0, 0.05) is 13.0 Å². The van der Waals surface area contributed by atoms with E-state index in [0.717, 1.165) is 43.0 Å². The summed E-state index contributed by atoms with van der Waals surface area (Å²) in [5, 5.41) is 11.3. The molecule has 122 valence electrons. The van der Waals surface area contributed by atoms with Crippen molar-refractivity contribution in [1.29, 1.82) is 0 Å². The number of carbonyl (C=O) groups excluding carboxylic acids is 1. The van der Waals surface area contributed by atoms with E-state index in [2.05, 4.69) is 20.1 Å². The van der Waals surface area contributed by atoms with Gasteiger partial charge in [-0.15, -0.1) is 10.2 Å². The zero-order valence-electron chi connectivity index (χ0n) is 13.2. The molecule has 0 saturated heterocycles. The second-order valence-corrected chi connectivity index (χ2v) is 5.75. The number of hydrogen-bond donors (Lipinski definition) is 1. The minimum absolute atomic E-state index is 0.0515. The molecule has 6 nitrogen and oxygen atoms in total. The first-order valence-corrected chi connectivity index (χ1v) is 8.12. The van der Waals surface area contributed by atoms with Crippen LogP contribution in [-0.2, 0) is 35.6 Å². The number of fused-ring (bicyclic) bond motifs is 1. The van der Waals surface area contributed by atoms with Gasteiger partial charge in [0.05, 0.1) is 13.2 Å². The summed E-state index contributed by atoms with van der Waals surface area (Å²) in [5.74, 6) is 1.73. The van der Waals surface area contributed by atoms with Crippen LogP contribution in [0.3, 0.4) is 0 Å². The molecule has 0 unspecified atom stereocenters. The minimum Gasteiger partial charge on any atom is -0.367 e. The van der Waals surface area contributed by atoms with Crippen LogP contribution in [0.1, 0.15) is 36.5 Å². The van der Waals surface area contributed by atoms with Gasteiger partial charge >= 0.3 is 0 Å². The van der Waals surface area contributed by atoms with Crippen LogP contribution in [0.4, 0.5) is 0 Å². The third kappa shape index (κ3) is 4.39. The van der Waals surface area contributed by atoms with Crippen LogP contribution >= 0.6 is 0 Å². The van der Waals surface area contributed by atoms with Gasteiger partial charge in [-0.05, 0) is 18.4 Å². The maximum atomic E-state index is 11.9. The molecule has 0 radical (unpaired) electrons. The van der Waals surface area contributed by atoms with Crippen LogP contribution < -0.4 is 5.32 Å². The Bertz CT molecular complexity index is 639. The molecule has 0 atom stereocenters. The highest BCUT2D eigenvalue weighted by Crippen LogP contribution is 2.14. The normalized spacial score (nSPS) is 14.1. The summed E-state index contributed by atoms with van der Waals surface area (Å²) in [7, 11) is 0. The number of nitrogens with zero attached hydrogens (tertiary/aromatic N) is 3. The van der Waals surface area contributed by atoms with Crippen LogP contribution in [0, 0.1) is 0 Å². The van der Waals surface area contributed by atoms with Crippen molar-refractivity contribution in [2.24, 2.45) is 0 Å². The first-order valence-electron chi connectivity index (χ1n) is 8.12. The molecular weight excluding hydrogens is 292 g/mol. The molecule has 0 spiro atoms. The number of benzene rings is 1. The molecule has 2 heterocycles. The van der Waals surface area contributed by atoms with Crippen molar-refractivity contribution in [3.63, 3.8) is 0 Å². The largest absolute Gasteiger partial charge is 0.367 e. The summed E-state index contributed by atoms with van der Waals surface area (Å²) in [6, 6.07) is 9.82. The molecule has 0 saturated carbocycles. The third-order valence-electron chi connectivity index (χ3n) is 3.97. The minimum atomic E-state index is -0.132. The van der Waals surface area contributed by atoms with Crippen molar-refractivity contribution in [2.45, 2.75) is 45.4 Å². The smallest absolute Gasteiger partial charge is 0.246 e. The molecule has 1 aromatic heterocycles. The van der Waals surface area contributed by atoms with Crippen molar-refractivity contribution in [2.75, 3.05) is 6.61 Å². The maximum Gasteiger partial charge on any atom is 0.246 e. The number of carbonyl (C=O) groups is 1. The van der Waals surface area contributed by atoms with E-state index in [1.807, 2.05) is 30.3 Å². The lowest BCUT2D eigenvalue weighted by atomic mass is 10.2. The highest BCUT2D eigenvalue weighted by atomic mass is 16.5. The standard InChI is InChI=1S/C17H22N4O2/c22-17(13-23-12-14-7-3-1-4-8-14)18-11-16-20-19-15-9-5-2-6-10-21(15)16/h1,3-4,7-8H,2,5-6,9-13H2,(H,18,22). The summed E-state index contributed by atoms with van der Waals surface area (Å²) in [6.45, 7) is 1.84. The lowest BCUT2D eigenvalue weighted by Crippen LogP contribution is -2.28. The van der Waals surface area contributed by atoms with E-state index in [9.17, 15) is 4.79 Å². The Morgan fingerprint density at radius 2 is 2.04 bits per heavy atom. The molecular formula is C17H22N4O2. The van der Waals surface area contributed by atoms with E-state index in [1.54, 1.807) is 0 Å². The highest BCUT2D eigenvalue weighted by Gasteiger charge is 2.15. The molecule has 1 aliphatic heterocycles. The molecule has 1 aromatic carbocycles. The average Bonchev–Trinajstić information content (AvgIpc) is 2.80. The lowest BCUT2D eigenvalue weighted by Gasteiger charge is -2.08. The molecule has 3 rings (SSSR count). The number of ether oxygens (including phenoxy) is 1. The molecule has 0 aliphatic carbocycles. The second kappa shape index (κ2) is 7.87. The Kier molecular flexibility index (Phi) is 5.37. The molecule has 23 heavy (non-hydrogen) atoms. The molecule has 2 aromatic rings. The number of hydrogen-bond acceptors (Lipinski definition) is 4. The van der Waals surface area contributed by atoms with Gasteiger partial charge in [0.25, 0.3) is 0 Å². The van der Waals surface area contributed by atoms with E-state index in [4.69, 9.17) is 4.74 Å². The van der Waals surface area contributed by atoms with Crippen molar-refractivity contribution in [3.05, 3.63) is 47.5 Å². The fourth-order valence-electron chi connectivity index (χ4n) is 2.74. The van der Waals surface area contributed by atoms with Gasteiger partial charge in [-0.1, -0.05) is 36.8 Å². The van der Waals surface area contributed by atoms with Crippen LogP contribution in [-0.4, -0.2) is 27.3 Å². The monoisotopic (exact) mass is 314 g/mol.